The molecule has 0 aromatic heterocycles. The van der Waals surface area contributed by atoms with Crippen LogP contribution >= 0.6 is 0 Å². The normalized spacial score (nSPS) is 44.2. The van der Waals surface area contributed by atoms with Crippen LogP contribution in [-0.2, 0) is 9.53 Å². The van der Waals surface area contributed by atoms with E-state index in [0.717, 1.165) is 41.9 Å². The summed E-state index contributed by atoms with van der Waals surface area (Å²) in [6, 6.07) is 0. The molecule has 6 fully saturated rings. The summed E-state index contributed by atoms with van der Waals surface area (Å²) < 4.78 is 6.53. The fourth-order valence-electron chi connectivity index (χ4n) is 9.34. The van der Waals surface area contributed by atoms with Gasteiger partial charge in [0.15, 0.2) is 0 Å². The first kappa shape index (κ1) is 21.3. The highest BCUT2D eigenvalue weighted by molar-refractivity contribution is 5.74. The Bertz CT molecular complexity index is 612. The maximum absolute atomic E-state index is 13.5. The third kappa shape index (κ3) is 3.77. The molecule has 0 amide bonds. The van der Waals surface area contributed by atoms with Crippen LogP contribution in [0.5, 0.6) is 0 Å². The number of rotatable bonds is 8. The Balaban J connectivity index is 1.20. The summed E-state index contributed by atoms with van der Waals surface area (Å²) in [5.74, 6) is 6.13. The maximum atomic E-state index is 13.5. The first-order valence-corrected chi connectivity index (χ1v) is 13.5. The van der Waals surface area contributed by atoms with E-state index in [1.165, 1.54) is 77.0 Å². The van der Waals surface area contributed by atoms with Crippen LogP contribution in [0.3, 0.4) is 0 Å². The van der Waals surface area contributed by atoms with Gasteiger partial charge in [-0.1, -0.05) is 39.5 Å². The van der Waals surface area contributed by atoms with Gasteiger partial charge in [-0.2, -0.15) is 0 Å². The molecule has 2 heteroatoms. The van der Waals surface area contributed by atoms with Crippen LogP contribution in [0.1, 0.15) is 111 Å². The standard InChI is InChI=1S/C28H46O2/c1-18(2)7-5-6-8-23-12-19-13-24(23)25(14-19)26(29)30-27(3,4)28-15-20-9-21(16-28)11-22(10-20)17-28/h18-25H,5-17H2,1-4H3. The van der Waals surface area contributed by atoms with Crippen LogP contribution in [0.2, 0.25) is 0 Å². The highest BCUT2D eigenvalue weighted by Gasteiger charge is 2.59. The molecule has 6 aliphatic rings. The van der Waals surface area contributed by atoms with Gasteiger partial charge in [0.05, 0.1) is 5.92 Å². The summed E-state index contributed by atoms with van der Waals surface area (Å²) in [5.41, 5.74) is -0.0139. The minimum atomic E-state index is -0.283. The van der Waals surface area contributed by atoms with Crippen molar-refractivity contribution in [2.75, 3.05) is 0 Å². The molecule has 6 saturated carbocycles. The molecule has 0 spiro atoms. The fraction of sp³-hybridized carbons (Fsp3) is 0.964. The second-order valence-corrected chi connectivity index (χ2v) is 13.4. The largest absolute Gasteiger partial charge is 0.459 e. The van der Waals surface area contributed by atoms with Crippen LogP contribution < -0.4 is 0 Å². The highest BCUT2D eigenvalue weighted by Crippen LogP contribution is 2.64. The molecule has 170 valence electrons. The quantitative estimate of drug-likeness (QED) is 0.305. The Labute approximate surface area is 185 Å². The SMILES string of the molecule is CC(C)CCCCC1CC2CC(C(=O)OC(C)(C)C34CC5CC(CC(C5)C3)C4)C1C2. The molecule has 0 aliphatic heterocycles. The number of carbonyl (C=O) groups excluding carboxylic acids is 1. The van der Waals surface area contributed by atoms with E-state index in [4.69, 9.17) is 4.74 Å². The topological polar surface area (TPSA) is 26.3 Å². The minimum absolute atomic E-state index is 0.176. The Kier molecular flexibility index (Phi) is 5.55. The van der Waals surface area contributed by atoms with E-state index < -0.39 is 0 Å². The van der Waals surface area contributed by atoms with Gasteiger partial charge in [-0.05, 0) is 113 Å². The Morgan fingerprint density at radius 2 is 1.53 bits per heavy atom. The lowest BCUT2D eigenvalue weighted by molar-refractivity contribution is -0.204. The van der Waals surface area contributed by atoms with E-state index in [2.05, 4.69) is 27.7 Å². The first-order valence-electron chi connectivity index (χ1n) is 13.5. The van der Waals surface area contributed by atoms with Gasteiger partial charge in [0.2, 0.25) is 0 Å². The van der Waals surface area contributed by atoms with Crippen molar-refractivity contribution >= 4 is 5.97 Å². The van der Waals surface area contributed by atoms with E-state index in [0.29, 0.717) is 5.92 Å². The molecular formula is C28H46O2. The van der Waals surface area contributed by atoms with Gasteiger partial charge in [0.25, 0.3) is 0 Å². The molecule has 6 rings (SSSR count). The number of ether oxygens (including phenoxy) is 1. The molecule has 0 aromatic rings. The molecule has 0 radical (unpaired) electrons. The number of hydrogen-bond acceptors (Lipinski definition) is 2. The lowest BCUT2D eigenvalue weighted by atomic mass is 9.46. The molecule has 0 aromatic carbocycles. The lowest BCUT2D eigenvalue weighted by Gasteiger charge is -2.61. The zero-order chi connectivity index (χ0) is 21.1. The maximum Gasteiger partial charge on any atom is 0.309 e. The molecule has 2 nitrogen and oxygen atoms in total. The van der Waals surface area contributed by atoms with Crippen molar-refractivity contribution < 1.29 is 9.53 Å². The van der Waals surface area contributed by atoms with Gasteiger partial charge in [0, 0.05) is 5.41 Å². The molecule has 0 N–H and O–H groups in total. The summed E-state index contributed by atoms with van der Waals surface area (Å²) in [6.07, 6.45) is 17.5. The number of carbonyl (C=O) groups is 1. The summed E-state index contributed by atoms with van der Waals surface area (Å²) in [7, 11) is 0. The first-order chi connectivity index (χ1) is 14.2. The van der Waals surface area contributed by atoms with Crippen molar-refractivity contribution in [3.8, 4) is 0 Å². The molecular weight excluding hydrogens is 368 g/mol. The van der Waals surface area contributed by atoms with E-state index >= 15 is 0 Å². The fourth-order valence-corrected chi connectivity index (χ4v) is 9.34. The van der Waals surface area contributed by atoms with Crippen LogP contribution in [0.15, 0.2) is 0 Å². The second-order valence-electron chi connectivity index (χ2n) is 13.4. The number of esters is 1. The molecule has 4 atom stereocenters. The van der Waals surface area contributed by atoms with Gasteiger partial charge >= 0.3 is 5.97 Å². The summed E-state index contributed by atoms with van der Waals surface area (Å²) in [6.45, 7) is 9.20. The van der Waals surface area contributed by atoms with E-state index in [1.54, 1.807) is 0 Å². The summed E-state index contributed by atoms with van der Waals surface area (Å²) in [4.78, 5) is 13.5. The van der Waals surface area contributed by atoms with Crippen molar-refractivity contribution in [3.05, 3.63) is 0 Å². The van der Waals surface area contributed by atoms with Crippen molar-refractivity contribution in [2.24, 2.45) is 52.8 Å². The Hall–Kier alpha value is -0.530. The van der Waals surface area contributed by atoms with Crippen LogP contribution in [0.25, 0.3) is 0 Å². The summed E-state index contributed by atoms with van der Waals surface area (Å²) >= 11 is 0. The Morgan fingerprint density at radius 3 is 2.10 bits per heavy atom. The molecule has 4 unspecified atom stereocenters. The van der Waals surface area contributed by atoms with Crippen molar-refractivity contribution in [2.45, 2.75) is 117 Å². The van der Waals surface area contributed by atoms with Crippen LogP contribution in [0, 0.1) is 52.8 Å². The van der Waals surface area contributed by atoms with Crippen molar-refractivity contribution in [1.82, 2.24) is 0 Å². The monoisotopic (exact) mass is 414 g/mol. The average molecular weight is 415 g/mol. The Morgan fingerprint density at radius 1 is 0.900 bits per heavy atom. The minimum Gasteiger partial charge on any atom is -0.459 e. The van der Waals surface area contributed by atoms with Gasteiger partial charge in [-0.25, -0.2) is 0 Å². The third-order valence-corrected chi connectivity index (χ3v) is 10.5. The predicted octanol–water partition coefficient (Wildman–Crippen LogP) is 7.40. The summed E-state index contributed by atoms with van der Waals surface area (Å²) in [5, 5.41) is 0. The molecule has 6 aliphatic carbocycles. The van der Waals surface area contributed by atoms with Gasteiger partial charge in [0.1, 0.15) is 5.60 Å². The van der Waals surface area contributed by atoms with E-state index in [9.17, 15) is 4.79 Å². The van der Waals surface area contributed by atoms with E-state index in [-0.39, 0.29) is 22.9 Å². The van der Waals surface area contributed by atoms with Gasteiger partial charge in [-0.3, -0.25) is 4.79 Å². The zero-order valence-corrected chi connectivity index (χ0v) is 20.1. The van der Waals surface area contributed by atoms with Crippen molar-refractivity contribution in [1.29, 1.82) is 0 Å². The third-order valence-electron chi connectivity index (χ3n) is 10.5. The van der Waals surface area contributed by atoms with Gasteiger partial charge < -0.3 is 4.74 Å². The number of unbranched alkanes of at least 4 members (excludes halogenated alkanes) is 1. The highest BCUT2D eigenvalue weighted by atomic mass is 16.6. The number of hydrogen-bond donors (Lipinski definition) is 0. The molecule has 30 heavy (non-hydrogen) atoms. The lowest BCUT2D eigenvalue weighted by Crippen LogP contribution is -2.57. The molecule has 0 saturated heterocycles. The molecule has 0 heterocycles. The zero-order valence-electron chi connectivity index (χ0n) is 20.1. The predicted molar refractivity (Wildman–Crippen MR) is 122 cm³/mol. The average Bonchev–Trinajstić information content (AvgIpc) is 3.24. The van der Waals surface area contributed by atoms with Crippen LogP contribution in [0.4, 0.5) is 0 Å². The van der Waals surface area contributed by atoms with Gasteiger partial charge in [-0.15, -0.1) is 0 Å². The molecule has 6 bridgehead atoms. The smallest absolute Gasteiger partial charge is 0.309 e. The number of fused-ring (bicyclic) bond motifs is 2. The van der Waals surface area contributed by atoms with Crippen LogP contribution in [-0.4, -0.2) is 11.6 Å². The van der Waals surface area contributed by atoms with Crippen molar-refractivity contribution in [3.63, 3.8) is 0 Å². The second kappa shape index (κ2) is 7.80. The van der Waals surface area contributed by atoms with E-state index in [1.807, 2.05) is 0 Å².